The molecule has 0 spiro atoms. The maximum atomic E-state index is 12.4. The van der Waals surface area contributed by atoms with Gasteiger partial charge in [-0.15, -0.1) is 18.3 Å². The molecule has 6 heteroatoms. The van der Waals surface area contributed by atoms with E-state index in [9.17, 15) is 9.59 Å². The first-order chi connectivity index (χ1) is 10.4. The number of nitrogens with two attached hydrogens (primary N) is 1. The molecule has 1 aromatic rings. The van der Waals surface area contributed by atoms with Crippen LogP contribution in [0, 0.1) is 17.8 Å². The molecule has 23 heavy (non-hydrogen) atoms. The SMILES string of the molecule is CC#Cc1cc(N)ccc1C(=O)N[C@@H](CC(C)C)C(=O)OC.Cl. The summed E-state index contributed by atoms with van der Waals surface area (Å²) >= 11 is 0. The van der Waals surface area contributed by atoms with Crippen LogP contribution in [-0.2, 0) is 9.53 Å². The number of amides is 1. The third-order valence-electron chi connectivity index (χ3n) is 3.05. The van der Waals surface area contributed by atoms with Crippen LogP contribution in [0.15, 0.2) is 18.2 Å². The monoisotopic (exact) mass is 338 g/mol. The second kappa shape index (κ2) is 9.75. The maximum Gasteiger partial charge on any atom is 0.328 e. The summed E-state index contributed by atoms with van der Waals surface area (Å²) in [7, 11) is 1.30. The molecule has 126 valence electrons. The molecule has 0 radical (unpaired) electrons. The van der Waals surface area contributed by atoms with Gasteiger partial charge in [-0.2, -0.15) is 0 Å². The van der Waals surface area contributed by atoms with Gasteiger partial charge in [-0.05, 0) is 37.5 Å². The van der Waals surface area contributed by atoms with Crippen LogP contribution in [0.25, 0.3) is 0 Å². The van der Waals surface area contributed by atoms with Gasteiger partial charge in [-0.3, -0.25) is 4.79 Å². The number of anilines is 1. The number of hydrogen-bond donors (Lipinski definition) is 2. The van der Waals surface area contributed by atoms with Crippen LogP contribution >= 0.6 is 12.4 Å². The lowest BCUT2D eigenvalue weighted by molar-refractivity contribution is -0.143. The molecule has 0 saturated heterocycles. The Balaban J connectivity index is 0.00000484. The van der Waals surface area contributed by atoms with Gasteiger partial charge in [-0.1, -0.05) is 19.8 Å². The molecular formula is C17H23ClN2O3. The Hall–Kier alpha value is -2.19. The zero-order chi connectivity index (χ0) is 16.7. The van der Waals surface area contributed by atoms with Crippen molar-refractivity contribution in [2.75, 3.05) is 12.8 Å². The van der Waals surface area contributed by atoms with E-state index in [1.165, 1.54) is 7.11 Å². The molecular weight excluding hydrogens is 316 g/mol. The summed E-state index contributed by atoms with van der Waals surface area (Å²) in [4.78, 5) is 24.2. The quantitative estimate of drug-likeness (QED) is 0.490. The Morgan fingerprint density at radius 3 is 2.52 bits per heavy atom. The van der Waals surface area contributed by atoms with Crippen LogP contribution in [0.2, 0.25) is 0 Å². The molecule has 5 nitrogen and oxygen atoms in total. The average Bonchev–Trinajstić information content (AvgIpc) is 2.45. The summed E-state index contributed by atoms with van der Waals surface area (Å²) < 4.78 is 4.75. The highest BCUT2D eigenvalue weighted by molar-refractivity contribution is 5.99. The van der Waals surface area contributed by atoms with Crippen molar-refractivity contribution in [2.24, 2.45) is 5.92 Å². The second-order valence-electron chi connectivity index (χ2n) is 5.36. The largest absolute Gasteiger partial charge is 0.467 e. The lowest BCUT2D eigenvalue weighted by atomic mass is 10.0. The number of ether oxygens (including phenoxy) is 1. The number of halogens is 1. The topological polar surface area (TPSA) is 81.4 Å². The molecule has 0 aliphatic rings. The van der Waals surface area contributed by atoms with Crippen LogP contribution in [0.3, 0.4) is 0 Å². The van der Waals surface area contributed by atoms with Crippen LogP contribution < -0.4 is 11.1 Å². The molecule has 0 aliphatic carbocycles. The molecule has 1 rings (SSSR count). The second-order valence-corrected chi connectivity index (χ2v) is 5.36. The van der Waals surface area contributed by atoms with E-state index in [1.807, 2.05) is 13.8 Å². The van der Waals surface area contributed by atoms with E-state index in [0.29, 0.717) is 23.2 Å². The fourth-order valence-corrected chi connectivity index (χ4v) is 2.06. The third kappa shape index (κ3) is 6.21. The molecule has 1 aromatic carbocycles. The summed E-state index contributed by atoms with van der Waals surface area (Å²) in [5, 5.41) is 2.71. The number of carbonyl (C=O) groups is 2. The minimum Gasteiger partial charge on any atom is -0.467 e. The average molecular weight is 339 g/mol. The van der Waals surface area contributed by atoms with Crippen molar-refractivity contribution in [3.8, 4) is 11.8 Å². The molecule has 0 heterocycles. The summed E-state index contributed by atoms with van der Waals surface area (Å²) in [5.41, 5.74) is 7.18. The van der Waals surface area contributed by atoms with Gasteiger partial charge >= 0.3 is 5.97 Å². The Morgan fingerprint density at radius 2 is 2.00 bits per heavy atom. The van der Waals surface area contributed by atoms with E-state index in [2.05, 4.69) is 17.2 Å². The predicted octanol–water partition coefficient (Wildman–Crippen LogP) is 2.38. The molecule has 0 aliphatic heterocycles. The van der Waals surface area contributed by atoms with Gasteiger partial charge in [0.25, 0.3) is 5.91 Å². The van der Waals surface area contributed by atoms with Crippen molar-refractivity contribution in [3.63, 3.8) is 0 Å². The van der Waals surface area contributed by atoms with Gasteiger partial charge in [0, 0.05) is 11.3 Å². The lowest BCUT2D eigenvalue weighted by Gasteiger charge is -2.18. The number of hydrogen-bond acceptors (Lipinski definition) is 4. The van der Waals surface area contributed by atoms with E-state index in [1.54, 1.807) is 25.1 Å². The van der Waals surface area contributed by atoms with Crippen molar-refractivity contribution in [1.82, 2.24) is 5.32 Å². The molecule has 0 saturated carbocycles. The van der Waals surface area contributed by atoms with Crippen LogP contribution in [0.4, 0.5) is 5.69 Å². The Morgan fingerprint density at radius 1 is 1.35 bits per heavy atom. The summed E-state index contributed by atoms with van der Waals surface area (Å²) in [6, 6.07) is 4.19. The van der Waals surface area contributed by atoms with Gasteiger partial charge in [0.2, 0.25) is 0 Å². The highest BCUT2D eigenvalue weighted by Crippen LogP contribution is 2.14. The predicted molar refractivity (Wildman–Crippen MR) is 93.4 cm³/mol. The number of benzene rings is 1. The summed E-state index contributed by atoms with van der Waals surface area (Å²) in [6.45, 7) is 5.62. The standard InChI is InChI=1S/C17H22N2O3.ClH/c1-5-6-12-10-13(18)7-8-14(12)16(20)19-15(9-11(2)3)17(21)22-4;/h7-8,10-11,15H,9,18H2,1-4H3,(H,19,20);1H/t15-;/m0./s1. The number of nitrogens with one attached hydrogen (secondary N) is 1. The molecule has 1 amide bonds. The van der Waals surface area contributed by atoms with Crippen molar-refractivity contribution in [2.45, 2.75) is 33.2 Å². The fourth-order valence-electron chi connectivity index (χ4n) is 2.06. The first-order valence-corrected chi connectivity index (χ1v) is 7.10. The first kappa shape index (κ1) is 20.8. The lowest BCUT2D eigenvalue weighted by Crippen LogP contribution is -2.42. The zero-order valence-corrected chi connectivity index (χ0v) is 14.6. The summed E-state index contributed by atoms with van der Waals surface area (Å²) in [6.07, 6.45) is 0.502. The molecule has 0 aromatic heterocycles. The van der Waals surface area contributed by atoms with E-state index in [0.717, 1.165) is 0 Å². The zero-order valence-electron chi connectivity index (χ0n) is 13.8. The van der Waals surface area contributed by atoms with Gasteiger partial charge in [0.1, 0.15) is 6.04 Å². The van der Waals surface area contributed by atoms with Crippen LogP contribution in [0.1, 0.15) is 43.1 Å². The van der Waals surface area contributed by atoms with Crippen molar-refractivity contribution < 1.29 is 14.3 Å². The third-order valence-corrected chi connectivity index (χ3v) is 3.05. The van der Waals surface area contributed by atoms with Crippen LogP contribution in [0.5, 0.6) is 0 Å². The highest BCUT2D eigenvalue weighted by atomic mass is 35.5. The molecule has 0 fully saturated rings. The number of esters is 1. The van der Waals surface area contributed by atoms with E-state index < -0.39 is 12.0 Å². The summed E-state index contributed by atoms with van der Waals surface area (Å²) in [5.74, 6) is 5.01. The van der Waals surface area contributed by atoms with Crippen LogP contribution in [-0.4, -0.2) is 25.0 Å². The van der Waals surface area contributed by atoms with Gasteiger partial charge in [0.05, 0.1) is 12.7 Å². The normalized spacial score (nSPS) is 10.8. The first-order valence-electron chi connectivity index (χ1n) is 7.10. The smallest absolute Gasteiger partial charge is 0.328 e. The maximum absolute atomic E-state index is 12.4. The highest BCUT2D eigenvalue weighted by Gasteiger charge is 2.24. The number of rotatable bonds is 5. The van der Waals surface area contributed by atoms with Gasteiger partial charge in [0.15, 0.2) is 0 Å². The van der Waals surface area contributed by atoms with Gasteiger partial charge in [-0.25, -0.2) is 4.79 Å². The van der Waals surface area contributed by atoms with E-state index in [-0.39, 0.29) is 24.2 Å². The molecule has 0 unspecified atom stereocenters. The Kier molecular flexibility index (Phi) is 8.82. The Labute approximate surface area is 143 Å². The van der Waals surface area contributed by atoms with E-state index >= 15 is 0 Å². The number of methoxy groups -OCH3 is 1. The number of carbonyl (C=O) groups excluding carboxylic acids is 2. The minimum atomic E-state index is -0.683. The number of nitrogen functional groups attached to an aromatic ring is 1. The van der Waals surface area contributed by atoms with E-state index in [4.69, 9.17) is 10.5 Å². The van der Waals surface area contributed by atoms with Crippen molar-refractivity contribution in [3.05, 3.63) is 29.3 Å². The van der Waals surface area contributed by atoms with Crippen molar-refractivity contribution >= 4 is 30.0 Å². The minimum absolute atomic E-state index is 0. The van der Waals surface area contributed by atoms with Gasteiger partial charge < -0.3 is 15.8 Å². The fraction of sp³-hybridized carbons (Fsp3) is 0.412. The molecule has 0 bridgehead atoms. The molecule has 1 atom stereocenters. The Bertz CT molecular complexity index is 618. The van der Waals surface area contributed by atoms with Crippen molar-refractivity contribution in [1.29, 1.82) is 0 Å². The molecule has 3 N–H and O–H groups in total.